The van der Waals surface area contributed by atoms with Gasteiger partial charge in [0.05, 0.1) is 11.1 Å². The van der Waals surface area contributed by atoms with Gasteiger partial charge in [-0.05, 0) is 52.9 Å². The van der Waals surface area contributed by atoms with Crippen LogP contribution in [0.5, 0.6) is 5.75 Å². The second kappa shape index (κ2) is 8.52. The normalized spacial score (nSPS) is 16.3. The number of hydrogen-bond donors (Lipinski definition) is 0. The third-order valence-electron chi connectivity index (χ3n) is 6.18. The van der Waals surface area contributed by atoms with E-state index >= 15 is 0 Å². The standard InChI is InChI=1S/C24H21F4N3O3/c1-32-23(6-8-33-9-7-23)17-11-18(25)13-19(12-17)34-14-15-2-4-20-16(10-15)3-5-21-29-30-22(31(20)21)24(26,27)28/h2-5,10-13H,6-9,14H2,1H3. The monoisotopic (exact) mass is 475 g/mol. The number of alkyl halides is 3. The van der Waals surface area contributed by atoms with Crippen LogP contribution in [0.4, 0.5) is 17.6 Å². The van der Waals surface area contributed by atoms with E-state index in [2.05, 4.69) is 10.2 Å². The fraction of sp³-hybridized carbons (Fsp3) is 0.333. The number of pyridine rings is 1. The first-order chi connectivity index (χ1) is 16.3. The van der Waals surface area contributed by atoms with Crippen molar-refractivity contribution in [1.29, 1.82) is 0 Å². The van der Waals surface area contributed by atoms with Crippen molar-refractivity contribution in [3.63, 3.8) is 0 Å². The number of benzene rings is 2. The molecule has 0 spiro atoms. The van der Waals surface area contributed by atoms with E-state index in [4.69, 9.17) is 14.2 Å². The minimum absolute atomic E-state index is 0.105. The Morgan fingerprint density at radius 1 is 1.03 bits per heavy atom. The zero-order valence-electron chi connectivity index (χ0n) is 18.2. The fourth-order valence-corrected chi connectivity index (χ4v) is 4.41. The summed E-state index contributed by atoms with van der Waals surface area (Å²) in [6, 6.07) is 12.6. The number of rotatable bonds is 5. The van der Waals surface area contributed by atoms with Crippen LogP contribution in [0.2, 0.25) is 0 Å². The smallest absolute Gasteiger partial charge is 0.452 e. The Kier molecular flexibility index (Phi) is 5.65. The van der Waals surface area contributed by atoms with Crippen molar-refractivity contribution in [3.05, 3.63) is 71.3 Å². The van der Waals surface area contributed by atoms with Gasteiger partial charge in [0, 0.05) is 39.2 Å². The minimum Gasteiger partial charge on any atom is -0.489 e. The summed E-state index contributed by atoms with van der Waals surface area (Å²) < 4.78 is 72.4. The molecular formula is C24H21F4N3O3. The molecule has 1 fully saturated rings. The molecule has 2 aromatic carbocycles. The molecule has 1 aliphatic rings. The van der Waals surface area contributed by atoms with Crippen LogP contribution in [0.1, 0.15) is 29.8 Å². The molecule has 0 atom stereocenters. The molecule has 0 N–H and O–H groups in total. The molecule has 1 aliphatic heterocycles. The molecular weight excluding hydrogens is 454 g/mol. The van der Waals surface area contributed by atoms with Crippen molar-refractivity contribution in [3.8, 4) is 5.75 Å². The van der Waals surface area contributed by atoms with Gasteiger partial charge < -0.3 is 14.2 Å². The zero-order valence-corrected chi connectivity index (χ0v) is 18.2. The third kappa shape index (κ3) is 4.07. The van der Waals surface area contributed by atoms with Gasteiger partial charge in [0.15, 0.2) is 5.65 Å². The Morgan fingerprint density at radius 3 is 2.56 bits per heavy atom. The Hall–Kier alpha value is -3.24. The molecule has 10 heteroatoms. The molecule has 0 amide bonds. The van der Waals surface area contributed by atoms with Crippen LogP contribution < -0.4 is 4.74 Å². The molecule has 6 nitrogen and oxygen atoms in total. The van der Waals surface area contributed by atoms with Gasteiger partial charge in [-0.1, -0.05) is 6.07 Å². The lowest BCUT2D eigenvalue weighted by molar-refractivity contribution is -0.145. The molecule has 3 heterocycles. The minimum atomic E-state index is -4.63. The largest absolute Gasteiger partial charge is 0.489 e. The summed E-state index contributed by atoms with van der Waals surface area (Å²) in [4.78, 5) is 0. The van der Waals surface area contributed by atoms with E-state index in [0.29, 0.717) is 53.8 Å². The van der Waals surface area contributed by atoms with Crippen molar-refractivity contribution in [1.82, 2.24) is 14.6 Å². The van der Waals surface area contributed by atoms with Crippen molar-refractivity contribution < 1.29 is 31.8 Å². The summed E-state index contributed by atoms with van der Waals surface area (Å²) in [5.74, 6) is -1.18. The number of hydrogen-bond acceptors (Lipinski definition) is 5. The van der Waals surface area contributed by atoms with E-state index in [9.17, 15) is 17.6 Å². The number of fused-ring (bicyclic) bond motifs is 3. The van der Waals surface area contributed by atoms with E-state index in [1.54, 1.807) is 37.4 Å². The molecule has 178 valence electrons. The average molecular weight is 475 g/mol. The highest BCUT2D eigenvalue weighted by Gasteiger charge is 2.37. The lowest BCUT2D eigenvalue weighted by atomic mass is 9.86. The Bertz CT molecular complexity index is 1350. The van der Waals surface area contributed by atoms with Crippen LogP contribution >= 0.6 is 0 Å². The SMILES string of the molecule is COC1(c2cc(F)cc(OCc3ccc4c(ccc5nnc(C(F)(F)F)n54)c3)c2)CCOCC1. The second-order valence-electron chi connectivity index (χ2n) is 8.22. The predicted molar refractivity (Wildman–Crippen MR) is 115 cm³/mol. The highest BCUT2D eigenvalue weighted by Crippen LogP contribution is 2.37. The first-order valence-corrected chi connectivity index (χ1v) is 10.7. The molecule has 5 rings (SSSR count). The second-order valence-corrected chi connectivity index (χ2v) is 8.22. The maximum absolute atomic E-state index is 14.4. The number of aromatic nitrogens is 3. The zero-order chi connectivity index (χ0) is 23.9. The molecule has 0 unspecified atom stereocenters. The molecule has 34 heavy (non-hydrogen) atoms. The molecule has 0 aliphatic carbocycles. The summed E-state index contributed by atoms with van der Waals surface area (Å²) in [5, 5.41) is 7.48. The van der Waals surface area contributed by atoms with E-state index < -0.39 is 23.4 Å². The summed E-state index contributed by atoms with van der Waals surface area (Å²) in [7, 11) is 1.60. The van der Waals surface area contributed by atoms with Gasteiger partial charge in [0.25, 0.3) is 0 Å². The van der Waals surface area contributed by atoms with Crippen molar-refractivity contribution >= 4 is 16.6 Å². The molecule has 4 aromatic rings. The maximum atomic E-state index is 14.4. The number of ether oxygens (including phenoxy) is 3. The van der Waals surface area contributed by atoms with E-state index in [-0.39, 0.29) is 12.3 Å². The molecule has 0 saturated carbocycles. The Balaban J connectivity index is 1.42. The van der Waals surface area contributed by atoms with E-state index in [1.165, 1.54) is 18.2 Å². The van der Waals surface area contributed by atoms with Gasteiger partial charge in [0.2, 0.25) is 5.82 Å². The molecule has 0 bridgehead atoms. The van der Waals surface area contributed by atoms with Crippen LogP contribution in [0.3, 0.4) is 0 Å². The summed E-state index contributed by atoms with van der Waals surface area (Å²) >= 11 is 0. The summed E-state index contributed by atoms with van der Waals surface area (Å²) in [5.41, 5.74) is 1.19. The van der Waals surface area contributed by atoms with Gasteiger partial charge >= 0.3 is 6.18 Å². The van der Waals surface area contributed by atoms with Gasteiger partial charge in [-0.25, -0.2) is 4.39 Å². The van der Waals surface area contributed by atoms with Gasteiger partial charge in [0.1, 0.15) is 18.2 Å². The van der Waals surface area contributed by atoms with E-state index in [0.717, 1.165) is 4.40 Å². The lowest BCUT2D eigenvalue weighted by Gasteiger charge is -2.36. The Morgan fingerprint density at radius 2 is 1.82 bits per heavy atom. The van der Waals surface area contributed by atoms with Crippen LogP contribution in [-0.2, 0) is 27.9 Å². The first kappa shape index (κ1) is 22.5. The Labute approximate surface area is 192 Å². The van der Waals surface area contributed by atoms with Crippen molar-refractivity contribution in [2.24, 2.45) is 0 Å². The van der Waals surface area contributed by atoms with Crippen LogP contribution in [0.15, 0.2) is 48.5 Å². The topological polar surface area (TPSA) is 57.9 Å². The number of halogens is 4. The predicted octanol–water partition coefficient (Wildman–Crippen LogP) is 5.27. The molecule has 0 radical (unpaired) electrons. The van der Waals surface area contributed by atoms with Crippen LogP contribution in [0, 0.1) is 5.82 Å². The highest BCUT2D eigenvalue weighted by atomic mass is 19.4. The van der Waals surface area contributed by atoms with Gasteiger partial charge in [-0.15, -0.1) is 10.2 Å². The van der Waals surface area contributed by atoms with Gasteiger partial charge in [-0.2, -0.15) is 13.2 Å². The summed E-state index contributed by atoms with van der Waals surface area (Å²) in [6.07, 6.45) is -3.42. The van der Waals surface area contributed by atoms with Crippen LogP contribution in [-0.4, -0.2) is 34.9 Å². The summed E-state index contributed by atoms with van der Waals surface area (Å²) in [6.45, 7) is 1.15. The number of methoxy groups -OCH3 is 1. The van der Waals surface area contributed by atoms with Crippen molar-refractivity contribution in [2.75, 3.05) is 20.3 Å². The molecule has 1 saturated heterocycles. The quantitative estimate of drug-likeness (QED) is 0.368. The van der Waals surface area contributed by atoms with Gasteiger partial charge in [-0.3, -0.25) is 4.40 Å². The third-order valence-corrected chi connectivity index (χ3v) is 6.18. The van der Waals surface area contributed by atoms with Crippen LogP contribution in [0.25, 0.3) is 16.6 Å². The number of nitrogens with zero attached hydrogens (tertiary/aromatic N) is 3. The lowest BCUT2D eigenvalue weighted by Crippen LogP contribution is -2.35. The van der Waals surface area contributed by atoms with E-state index in [1.807, 2.05) is 0 Å². The van der Waals surface area contributed by atoms with Crippen molar-refractivity contribution in [2.45, 2.75) is 31.2 Å². The molecule has 2 aromatic heterocycles. The maximum Gasteiger partial charge on any atom is 0.452 e. The fourth-order valence-electron chi connectivity index (χ4n) is 4.41. The highest BCUT2D eigenvalue weighted by molar-refractivity contribution is 5.82. The average Bonchev–Trinajstić information content (AvgIpc) is 3.28. The first-order valence-electron chi connectivity index (χ1n) is 10.7.